The molecule has 0 amide bonds. The number of pyridine rings is 1. The maximum absolute atomic E-state index is 13.2. The van der Waals surface area contributed by atoms with E-state index in [2.05, 4.69) is 32.3 Å². The summed E-state index contributed by atoms with van der Waals surface area (Å²) in [6.45, 7) is 2.06. The molecule has 0 aromatic carbocycles. The molecule has 8 nitrogen and oxygen atoms in total. The Hall–Kier alpha value is -2.63. The van der Waals surface area contributed by atoms with Gasteiger partial charge in [-0.2, -0.15) is 5.10 Å². The molecule has 0 radical (unpaired) electrons. The second-order valence-electron chi connectivity index (χ2n) is 6.88. The van der Waals surface area contributed by atoms with Gasteiger partial charge in [0.25, 0.3) is 0 Å². The van der Waals surface area contributed by atoms with Crippen molar-refractivity contribution < 1.29 is 9.50 Å². The highest BCUT2D eigenvalue weighted by molar-refractivity contribution is 7.29. The molecule has 0 unspecified atom stereocenters. The normalized spacial score (nSPS) is 15.2. The van der Waals surface area contributed by atoms with Gasteiger partial charge in [0.05, 0.1) is 24.3 Å². The molecule has 2 N–H and O–H groups in total. The number of thiazole rings is 2. The fraction of sp³-hybridized carbons (Fsp3) is 0.333. The molecular weight excluding hydrogens is 413 g/mol. The van der Waals surface area contributed by atoms with E-state index < -0.39 is 5.82 Å². The van der Waals surface area contributed by atoms with Crippen LogP contribution >= 0.6 is 22.7 Å². The molecule has 1 saturated heterocycles. The lowest BCUT2D eigenvalue weighted by molar-refractivity contribution is 0.443. The Morgan fingerprint density at radius 3 is 2.69 bits per heavy atom. The Balaban J connectivity index is 1.41. The predicted octanol–water partition coefficient (Wildman–Crippen LogP) is 3.03. The van der Waals surface area contributed by atoms with Crippen LogP contribution in [0.15, 0.2) is 24.7 Å². The quantitative estimate of drug-likeness (QED) is 0.513. The first kappa shape index (κ1) is 18.4. The monoisotopic (exact) mass is 431 g/mol. The van der Waals surface area contributed by atoms with Crippen molar-refractivity contribution in [2.24, 2.45) is 0 Å². The number of halogens is 1. The van der Waals surface area contributed by atoms with Gasteiger partial charge in [-0.05, 0) is 25.9 Å². The van der Waals surface area contributed by atoms with Gasteiger partial charge in [-0.1, -0.05) is 22.7 Å². The molecule has 0 aliphatic carbocycles. The Bertz CT molecular complexity index is 1130. The van der Waals surface area contributed by atoms with E-state index in [1.54, 1.807) is 11.3 Å². The number of aromatic hydroxyl groups is 1. The minimum Gasteiger partial charge on any atom is -0.505 e. The molecule has 29 heavy (non-hydrogen) atoms. The topological polar surface area (TPSA) is 92.0 Å². The predicted molar refractivity (Wildman–Crippen MR) is 112 cm³/mol. The minimum absolute atomic E-state index is 0.0353. The van der Waals surface area contributed by atoms with Gasteiger partial charge in [0.15, 0.2) is 20.6 Å². The minimum atomic E-state index is -0.454. The summed E-state index contributed by atoms with van der Waals surface area (Å²) in [4.78, 5) is 17.6. The number of aromatic nitrogens is 5. The molecule has 11 heteroatoms. The van der Waals surface area contributed by atoms with Crippen molar-refractivity contribution in [3.63, 3.8) is 0 Å². The Labute approximate surface area is 173 Å². The molecule has 0 atom stereocenters. The Kier molecular flexibility index (Phi) is 4.64. The molecule has 1 fully saturated rings. The zero-order chi connectivity index (χ0) is 20.0. The Morgan fingerprint density at radius 2 is 2.00 bits per heavy atom. The number of hydrogen-bond donors (Lipinski definition) is 2. The molecule has 5 rings (SSSR count). The molecule has 0 saturated carbocycles. The standard InChI is InChI=1S/C18H18FN7OS2/c1-25(11-2-4-20-5-3-11)18-24-17-16(29-18)23-15(28-17)14-13(27)6-12(8-21-14)26-9-10(19)7-22-26/h6-9,11,20,27H,2-5H2,1H3. The number of anilines is 1. The van der Waals surface area contributed by atoms with Gasteiger partial charge in [-0.15, -0.1) is 0 Å². The lowest BCUT2D eigenvalue weighted by Crippen LogP contribution is -2.41. The highest BCUT2D eigenvalue weighted by Gasteiger charge is 2.22. The van der Waals surface area contributed by atoms with E-state index in [0.29, 0.717) is 22.4 Å². The van der Waals surface area contributed by atoms with E-state index in [-0.39, 0.29) is 5.75 Å². The summed E-state index contributed by atoms with van der Waals surface area (Å²) in [5.41, 5.74) is 0.849. The molecule has 4 aromatic rings. The van der Waals surface area contributed by atoms with Crippen LogP contribution < -0.4 is 10.2 Å². The molecule has 1 aliphatic rings. The van der Waals surface area contributed by atoms with Crippen molar-refractivity contribution >= 4 is 37.5 Å². The molecule has 0 bridgehead atoms. The lowest BCUT2D eigenvalue weighted by atomic mass is 10.1. The molecule has 5 heterocycles. The molecule has 0 spiro atoms. The van der Waals surface area contributed by atoms with Crippen LogP contribution in [0.2, 0.25) is 0 Å². The van der Waals surface area contributed by atoms with E-state index in [4.69, 9.17) is 4.98 Å². The number of piperidine rings is 1. The largest absolute Gasteiger partial charge is 0.505 e. The zero-order valence-corrected chi connectivity index (χ0v) is 17.2. The fourth-order valence-corrected chi connectivity index (χ4v) is 5.49. The first-order valence-corrected chi connectivity index (χ1v) is 10.8. The summed E-state index contributed by atoms with van der Waals surface area (Å²) in [5, 5.41) is 19.3. The van der Waals surface area contributed by atoms with E-state index >= 15 is 0 Å². The zero-order valence-electron chi connectivity index (χ0n) is 15.5. The van der Waals surface area contributed by atoms with Crippen LogP contribution in [0.25, 0.3) is 26.0 Å². The Morgan fingerprint density at radius 1 is 1.21 bits per heavy atom. The highest BCUT2D eigenvalue weighted by Crippen LogP contribution is 2.38. The van der Waals surface area contributed by atoms with Crippen molar-refractivity contribution in [2.75, 3.05) is 25.0 Å². The molecule has 4 aromatic heterocycles. The van der Waals surface area contributed by atoms with Gasteiger partial charge in [-0.3, -0.25) is 0 Å². The van der Waals surface area contributed by atoms with Crippen LogP contribution in [0.3, 0.4) is 0 Å². The van der Waals surface area contributed by atoms with Gasteiger partial charge >= 0.3 is 0 Å². The van der Waals surface area contributed by atoms with Crippen LogP contribution in [0, 0.1) is 5.82 Å². The van der Waals surface area contributed by atoms with Gasteiger partial charge < -0.3 is 15.3 Å². The highest BCUT2D eigenvalue weighted by atomic mass is 32.1. The summed E-state index contributed by atoms with van der Waals surface area (Å²) in [6.07, 6.45) is 6.06. The summed E-state index contributed by atoms with van der Waals surface area (Å²) < 4.78 is 14.5. The van der Waals surface area contributed by atoms with Crippen LogP contribution in [0.5, 0.6) is 5.75 Å². The summed E-state index contributed by atoms with van der Waals surface area (Å²) in [7, 11) is 2.09. The third-order valence-electron chi connectivity index (χ3n) is 4.99. The van der Waals surface area contributed by atoms with E-state index in [0.717, 1.165) is 46.9 Å². The first-order chi connectivity index (χ1) is 14.1. The fourth-order valence-electron chi connectivity index (χ4n) is 3.41. The van der Waals surface area contributed by atoms with Crippen LogP contribution in [0.4, 0.5) is 9.52 Å². The van der Waals surface area contributed by atoms with Crippen molar-refractivity contribution in [1.29, 1.82) is 0 Å². The van der Waals surface area contributed by atoms with Crippen molar-refractivity contribution in [2.45, 2.75) is 18.9 Å². The number of nitrogens with one attached hydrogen (secondary N) is 1. The maximum Gasteiger partial charge on any atom is 0.188 e. The van der Waals surface area contributed by atoms with Gasteiger partial charge in [0.2, 0.25) is 0 Å². The molecular formula is C18H18FN7OS2. The average Bonchev–Trinajstić information content (AvgIpc) is 3.42. The summed E-state index contributed by atoms with van der Waals surface area (Å²) >= 11 is 2.95. The van der Waals surface area contributed by atoms with E-state index in [1.807, 2.05) is 0 Å². The number of hydrogen-bond acceptors (Lipinski definition) is 9. The SMILES string of the molecule is CN(c1nc2sc(-c3ncc(-n4cc(F)cn4)cc3O)nc2s1)C1CCNCC1. The number of fused-ring (bicyclic) bond motifs is 1. The average molecular weight is 432 g/mol. The van der Waals surface area contributed by atoms with Crippen LogP contribution in [0.1, 0.15) is 12.8 Å². The first-order valence-electron chi connectivity index (χ1n) is 9.19. The second kappa shape index (κ2) is 7.32. The molecule has 150 valence electrons. The van der Waals surface area contributed by atoms with Crippen LogP contribution in [-0.2, 0) is 0 Å². The van der Waals surface area contributed by atoms with Crippen molar-refractivity contribution in [3.8, 4) is 22.1 Å². The molecule has 1 aliphatic heterocycles. The smallest absolute Gasteiger partial charge is 0.188 e. The van der Waals surface area contributed by atoms with Gasteiger partial charge in [0, 0.05) is 19.2 Å². The van der Waals surface area contributed by atoms with E-state index in [1.165, 1.54) is 34.5 Å². The van der Waals surface area contributed by atoms with Crippen LogP contribution in [-0.4, -0.2) is 56.0 Å². The van der Waals surface area contributed by atoms with Crippen molar-refractivity contribution in [3.05, 3.63) is 30.5 Å². The maximum atomic E-state index is 13.2. The van der Waals surface area contributed by atoms with Crippen molar-refractivity contribution in [1.82, 2.24) is 30.0 Å². The number of nitrogens with zero attached hydrogens (tertiary/aromatic N) is 6. The summed E-state index contributed by atoms with van der Waals surface area (Å²) in [5.74, 6) is -0.489. The number of rotatable bonds is 4. The van der Waals surface area contributed by atoms with Gasteiger partial charge in [-0.25, -0.2) is 24.0 Å². The van der Waals surface area contributed by atoms with Gasteiger partial charge in [0.1, 0.15) is 16.5 Å². The lowest BCUT2D eigenvalue weighted by Gasteiger charge is -2.31. The van der Waals surface area contributed by atoms with E-state index in [9.17, 15) is 9.50 Å². The second-order valence-corrected chi connectivity index (χ2v) is 8.82. The third kappa shape index (κ3) is 3.45. The third-order valence-corrected chi connectivity index (χ3v) is 7.12. The summed E-state index contributed by atoms with van der Waals surface area (Å²) in [6, 6.07) is 1.98.